The number of benzene rings is 1. The number of hydrogen-bond acceptors (Lipinski definition) is 5. The van der Waals surface area contributed by atoms with E-state index in [2.05, 4.69) is 0 Å². The zero-order chi connectivity index (χ0) is 14.0. The number of carbonyl (C=O) groups is 1. The molecule has 0 saturated carbocycles. The van der Waals surface area contributed by atoms with Crippen LogP contribution in [0.1, 0.15) is 11.7 Å². The van der Waals surface area contributed by atoms with Gasteiger partial charge in [-0.15, -0.1) is 0 Å². The fourth-order valence-corrected chi connectivity index (χ4v) is 1.31. The lowest BCUT2D eigenvalue weighted by Gasteiger charge is -2.14. The predicted octanol–water partition coefficient (Wildman–Crippen LogP) is 0.352. The maximum Gasteiger partial charge on any atom is 0.335 e. The third kappa shape index (κ3) is 2.57. The van der Waals surface area contributed by atoms with Crippen LogP contribution in [-0.2, 0) is 4.79 Å². The van der Waals surface area contributed by atoms with E-state index in [0.29, 0.717) is 6.07 Å². The molecule has 7 nitrogen and oxygen atoms in total. The Labute approximate surface area is 98.1 Å². The van der Waals surface area contributed by atoms with Gasteiger partial charge in [0.1, 0.15) is 11.9 Å². The molecule has 0 aliphatic carbocycles. The summed E-state index contributed by atoms with van der Waals surface area (Å²) in [5.41, 5.74) is -2.24. The van der Waals surface area contributed by atoms with E-state index in [1.54, 1.807) is 0 Å². The van der Waals surface area contributed by atoms with E-state index in [1.807, 2.05) is 0 Å². The van der Waals surface area contributed by atoms with Gasteiger partial charge in [0.2, 0.25) is 5.82 Å². The molecule has 0 fully saturated rings. The molecule has 1 rings (SSSR count). The largest absolute Gasteiger partial charge is 0.479 e. The minimum absolute atomic E-state index is 0.210. The van der Waals surface area contributed by atoms with Gasteiger partial charge in [-0.1, -0.05) is 0 Å². The summed E-state index contributed by atoms with van der Waals surface area (Å²) < 4.78 is 26.1. The van der Waals surface area contributed by atoms with Crippen molar-refractivity contribution in [3.8, 4) is 0 Å². The molecule has 9 heteroatoms. The Balaban J connectivity index is 3.38. The van der Waals surface area contributed by atoms with Crippen LogP contribution in [0, 0.1) is 21.7 Å². The van der Waals surface area contributed by atoms with Crippen LogP contribution in [0.15, 0.2) is 12.1 Å². The Bertz CT molecular complexity index is 506. The molecular weight excluding hydrogens is 256 g/mol. The maximum absolute atomic E-state index is 13.2. The van der Waals surface area contributed by atoms with Crippen molar-refractivity contribution in [3.05, 3.63) is 39.4 Å². The number of carboxylic acid groups (broad SMARTS) is 1. The summed E-state index contributed by atoms with van der Waals surface area (Å²) in [6, 6.07) is 0.597. The second-order valence-electron chi connectivity index (χ2n) is 3.31. The van der Waals surface area contributed by atoms with Crippen molar-refractivity contribution in [3.63, 3.8) is 0 Å². The average molecular weight is 263 g/mol. The molecule has 0 aliphatic rings. The third-order valence-corrected chi connectivity index (χ3v) is 2.11. The number of halogens is 2. The molecule has 1 aromatic rings. The summed E-state index contributed by atoms with van der Waals surface area (Å²) in [5.74, 6) is -4.71. The fourth-order valence-electron chi connectivity index (χ4n) is 1.31. The summed E-state index contributed by atoms with van der Waals surface area (Å²) >= 11 is 0. The topological polar surface area (TPSA) is 121 Å². The van der Waals surface area contributed by atoms with Gasteiger partial charge in [0, 0.05) is 6.07 Å². The molecule has 1 aromatic carbocycles. The summed E-state index contributed by atoms with van der Waals surface area (Å²) in [5, 5.41) is 37.4. The minimum Gasteiger partial charge on any atom is -0.479 e. The Kier molecular flexibility index (Phi) is 3.89. The first-order valence-electron chi connectivity index (χ1n) is 4.48. The number of nitro groups is 1. The van der Waals surface area contributed by atoms with Gasteiger partial charge in [-0.3, -0.25) is 10.1 Å². The van der Waals surface area contributed by atoms with E-state index in [1.165, 1.54) is 0 Å². The molecule has 18 heavy (non-hydrogen) atoms. The summed E-state index contributed by atoms with van der Waals surface area (Å²) in [6.07, 6.45) is -4.77. The molecular formula is C9H7F2NO6. The van der Waals surface area contributed by atoms with Crippen molar-refractivity contribution < 1.29 is 33.8 Å². The number of carboxylic acids is 1. The van der Waals surface area contributed by atoms with E-state index in [-0.39, 0.29) is 6.07 Å². The predicted molar refractivity (Wildman–Crippen MR) is 51.6 cm³/mol. The van der Waals surface area contributed by atoms with Gasteiger partial charge in [0.15, 0.2) is 6.10 Å². The lowest BCUT2D eigenvalue weighted by atomic mass is 10.0. The first-order chi connectivity index (χ1) is 8.25. The quantitative estimate of drug-likeness (QED) is 0.532. The van der Waals surface area contributed by atoms with Gasteiger partial charge in [0.05, 0.1) is 10.5 Å². The zero-order valence-corrected chi connectivity index (χ0v) is 8.58. The number of aliphatic carboxylic acids is 1. The molecule has 0 radical (unpaired) electrons. The number of nitrogens with zero attached hydrogens (tertiary/aromatic N) is 1. The number of aliphatic hydroxyl groups is 2. The van der Waals surface area contributed by atoms with Gasteiger partial charge >= 0.3 is 11.7 Å². The Morgan fingerprint density at radius 1 is 1.33 bits per heavy atom. The van der Waals surface area contributed by atoms with E-state index in [4.69, 9.17) is 10.2 Å². The third-order valence-electron chi connectivity index (χ3n) is 2.11. The summed E-state index contributed by atoms with van der Waals surface area (Å²) in [7, 11) is 0. The van der Waals surface area contributed by atoms with E-state index in [9.17, 15) is 28.8 Å². The first-order valence-corrected chi connectivity index (χ1v) is 4.48. The minimum atomic E-state index is -2.44. The van der Waals surface area contributed by atoms with Crippen molar-refractivity contribution in [1.82, 2.24) is 0 Å². The molecule has 0 spiro atoms. The number of rotatable bonds is 4. The maximum atomic E-state index is 13.2. The number of aliphatic hydroxyl groups excluding tert-OH is 2. The fraction of sp³-hybridized carbons (Fsp3) is 0.222. The van der Waals surface area contributed by atoms with E-state index in [0.717, 1.165) is 0 Å². The zero-order valence-electron chi connectivity index (χ0n) is 8.58. The monoisotopic (exact) mass is 263 g/mol. The SMILES string of the molecule is O=C(O)C(O)C(O)c1cc(F)cc(F)c1[N+](=O)[O-]. The number of nitro benzene ring substituents is 1. The summed E-state index contributed by atoms with van der Waals surface area (Å²) in [4.78, 5) is 19.7. The standard InChI is InChI=1S/C9H7F2NO6/c10-3-1-4(7(13)8(14)9(15)16)6(12(17)18)5(11)2-3/h1-2,7-8,13-14H,(H,15,16). The lowest BCUT2D eigenvalue weighted by molar-refractivity contribution is -0.389. The summed E-state index contributed by atoms with van der Waals surface area (Å²) in [6.45, 7) is 0. The molecule has 2 atom stereocenters. The molecule has 0 saturated heterocycles. The molecule has 0 heterocycles. The van der Waals surface area contributed by atoms with Crippen LogP contribution >= 0.6 is 0 Å². The van der Waals surface area contributed by atoms with Crippen molar-refractivity contribution >= 4 is 11.7 Å². The Morgan fingerprint density at radius 2 is 1.89 bits per heavy atom. The highest BCUT2D eigenvalue weighted by atomic mass is 19.1. The average Bonchev–Trinajstić information content (AvgIpc) is 2.24. The van der Waals surface area contributed by atoms with Crippen LogP contribution in [-0.4, -0.2) is 32.3 Å². The molecule has 0 amide bonds. The van der Waals surface area contributed by atoms with Gasteiger partial charge in [0.25, 0.3) is 0 Å². The van der Waals surface area contributed by atoms with Crippen LogP contribution in [0.5, 0.6) is 0 Å². The second kappa shape index (κ2) is 5.02. The van der Waals surface area contributed by atoms with E-state index < -0.39 is 46.0 Å². The molecule has 98 valence electrons. The van der Waals surface area contributed by atoms with Gasteiger partial charge < -0.3 is 15.3 Å². The molecule has 2 unspecified atom stereocenters. The normalized spacial score (nSPS) is 14.0. The number of hydrogen-bond donors (Lipinski definition) is 3. The Hall–Kier alpha value is -2.13. The van der Waals surface area contributed by atoms with Crippen LogP contribution in [0.4, 0.5) is 14.5 Å². The van der Waals surface area contributed by atoms with Gasteiger partial charge in [-0.05, 0) is 6.07 Å². The van der Waals surface area contributed by atoms with Crippen LogP contribution in [0.25, 0.3) is 0 Å². The lowest BCUT2D eigenvalue weighted by Crippen LogP contribution is -2.28. The smallest absolute Gasteiger partial charge is 0.335 e. The van der Waals surface area contributed by atoms with Crippen LogP contribution in [0.3, 0.4) is 0 Å². The van der Waals surface area contributed by atoms with Crippen molar-refractivity contribution in [2.75, 3.05) is 0 Å². The van der Waals surface area contributed by atoms with Crippen LogP contribution in [0.2, 0.25) is 0 Å². The van der Waals surface area contributed by atoms with E-state index >= 15 is 0 Å². The highest BCUT2D eigenvalue weighted by Gasteiger charge is 2.33. The van der Waals surface area contributed by atoms with Crippen molar-refractivity contribution in [2.45, 2.75) is 12.2 Å². The molecule has 3 N–H and O–H groups in total. The van der Waals surface area contributed by atoms with Crippen LogP contribution < -0.4 is 0 Å². The van der Waals surface area contributed by atoms with Gasteiger partial charge in [-0.2, -0.15) is 4.39 Å². The first kappa shape index (κ1) is 13.9. The van der Waals surface area contributed by atoms with Crippen molar-refractivity contribution in [1.29, 1.82) is 0 Å². The Morgan fingerprint density at radius 3 is 2.33 bits per heavy atom. The molecule has 0 aromatic heterocycles. The van der Waals surface area contributed by atoms with Crippen molar-refractivity contribution in [2.24, 2.45) is 0 Å². The highest BCUT2D eigenvalue weighted by Crippen LogP contribution is 2.30. The highest BCUT2D eigenvalue weighted by molar-refractivity contribution is 5.73. The molecule has 0 aliphatic heterocycles. The second-order valence-corrected chi connectivity index (χ2v) is 3.31. The van der Waals surface area contributed by atoms with Gasteiger partial charge in [-0.25, -0.2) is 9.18 Å². The molecule has 0 bridgehead atoms.